The number of allylic oxidation sites excluding steroid dienone is 1. The fourth-order valence-corrected chi connectivity index (χ4v) is 3.77. The van der Waals surface area contributed by atoms with Crippen LogP contribution in [-0.4, -0.2) is 90.0 Å². The van der Waals surface area contributed by atoms with Crippen LogP contribution in [0, 0.1) is 5.92 Å². The van der Waals surface area contributed by atoms with Gasteiger partial charge in [0, 0.05) is 20.7 Å². The Morgan fingerprint density at radius 3 is 2.60 bits per heavy atom. The number of carbonyl (C=O) groups excluding carboxylic acids is 2. The summed E-state index contributed by atoms with van der Waals surface area (Å²) in [5.74, 6) is -1.55. The molecule has 172 valence electrons. The van der Waals surface area contributed by atoms with E-state index >= 15 is 0 Å². The summed E-state index contributed by atoms with van der Waals surface area (Å²) in [4.78, 5) is 26.8. The highest BCUT2D eigenvalue weighted by molar-refractivity contribution is 5.89. The number of amides is 2. The molecule has 0 aromatic carbocycles. The molecule has 0 aromatic rings. The summed E-state index contributed by atoms with van der Waals surface area (Å²) in [6.45, 7) is 7.73. The molecule has 0 saturated carbocycles. The van der Waals surface area contributed by atoms with Gasteiger partial charge in [-0.15, -0.1) is 0 Å². The summed E-state index contributed by atoms with van der Waals surface area (Å²) >= 11 is 0. The predicted octanol–water partition coefficient (Wildman–Crippen LogP) is 0.193. The van der Waals surface area contributed by atoms with Gasteiger partial charge in [0.15, 0.2) is 11.9 Å². The molecule has 0 aromatic heterocycles. The summed E-state index contributed by atoms with van der Waals surface area (Å²) in [7, 11) is 2.90. The van der Waals surface area contributed by atoms with Crippen molar-refractivity contribution in [3.8, 4) is 0 Å². The van der Waals surface area contributed by atoms with Crippen LogP contribution in [0.25, 0.3) is 0 Å². The first kappa shape index (κ1) is 24.7. The van der Waals surface area contributed by atoms with E-state index in [0.717, 1.165) is 0 Å². The van der Waals surface area contributed by atoms with Gasteiger partial charge in [0.05, 0.1) is 6.10 Å². The van der Waals surface area contributed by atoms with Crippen molar-refractivity contribution in [2.24, 2.45) is 5.92 Å². The molecule has 0 spiro atoms. The van der Waals surface area contributed by atoms with Crippen LogP contribution in [0.5, 0.6) is 0 Å². The molecular weight excluding hydrogens is 392 g/mol. The second kappa shape index (κ2) is 10.2. The number of nitrogens with zero attached hydrogens (tertiary/aromatic N) is 1. The minimum Gasteiger partial charge on any atom is -0.391 e. The van der Waals surface area contributed by atoms with Crippen molar-refractivity contribution in [3.05, 3.63) is 12.2 Å². The zero-order chi connectivity index (χ0) is 22.6. The van der Waals surface area contributed by atoms with Crippen molar-refractivity contribution in [1.29, 1.82) is 0 Å². The molecule has 2 saturated heterocycles. The van der Waals surface area contributed by atoms with Gasteiger partial charge in [-0.2, -0.15) is 0 Å². The predicted molar refractivity (Wildman–Crippen MR) is 109 cm³/mol. The number of nitrogens with one attached hydrogen (secondary N) is 1. The number of likely N-dealkylation sites (N-methyl/N-ethyl adjacent to an activating group) is 1. The molecule has 9 heteroatoms. The third-order valence-electron chi connectivity index (χ3n) is 5.27. The van der Waals surface area contributed by atoms with Gasteiger partial charge in [0.1, 0.15) is 24.4 Å². The number of hydrogen-bond acceptors (Lipinski definition) is 7. The Morgan fingerprint density at radius 1 is 1.33 bits per heavy atom. The lowest BCUT2D eigenvalue weighted by Gasteiger charge is -2.29. The number of carbonyl (C=O) groups is 2. The van der Waals surface area contributed by atoms with E-state index < -0.39 is 48.3 Å². The van der Waals surface area contributed by atoms with Crippen LogP contribution >= 0.6 is 0 Å². The molecule has 3 N–H and O–H groups in total. The van der Waals surface area contributed by atoms with Gasteiger partial charge in [-0.3, -0.25) is 9.59 Å². The molecule has 2 aliphatic rings. The molecule has 2 amide bonds. The Labute approximate surface area is 178 Å². The molecule has 2 fully saturated rings. The van der Waals surface area contributed by atoms with Crippen molar-refractivity contribution >= 4 is 11.8 Å². The quantitative estimate of drug-likeness (QED) is 0.496. The molecule has 6 atom stereocenters. The molecular formula is C21H36N2O7. The van der Waals surface area contributed by atoms with E-state index in [-0.39, 0.29) is 18.4 Å². The van der Waals surface area contributed by atoms with Crippen molar-refractivity contribution in [2.75, 3.05) is 20.7 Å². The number of likely N-dealkylation sites (tertiary alicyclic amines) is 1. The van der Waals surface area contributed by atoms with Crippen LogP contribution in [0.2, 0.25) is 0 Å². The van der Waals surface area contributed by atoms with Crippen molar-refractivity contribution in [2.45, 2.75) is 82.9 Å². The van der Waals surface area contributed by atoms with Crippen molar-refractivity contribution < 1.29 is 34.0 Å². The van der Waals surface area contributed by atoms with Gasteiger partial charge < -0.3 is 34.6 Å². The lowest BCUT2D eigenvalue weighted by molar-refractivity contribution is -0.169. The summed E-state index contributed by atoms with van der Waals surface area (Å²) in [5.41, 5.74) is 0. The van der Waals surface area contributed by atoms with E-state index in [1.165, 1.54) is 12.0 Å². The van der Waals surface area contributed by atoms with E-state index in [4.69, 9.17) is 14.2 Å². The van der Waals surface area contributed by atoms with E-state index in [0.29, 0.717) is 12.8 Å². The van der Waals surface area contributed by atoms with Crippen molar-refractivity contribution in [3.63, 3.8) is 0 Å². The molecule has 2 aliphatic heterocycles. The lowest BCUT2D eigenvalue weighted by Crippen LogP contribution is -2.55. The van der Waals surface area contributed by atoms with Crippen LogP contribution < -0.4 is 5.32 Å². The lowest BCUT2D eigenvalue weighted by atomic mass is 10.00. The average Bonchev–Trinajstić information content (AvgIpc) is 2.91. The fraction of sp³-hybridized carbons (Fsp3) is 0.810. The third-order valence-corrected chi connectivity index (χ3v) is 5.27. The van der Waals surface area contributed by atoms with Gasteiger partial charge >= 0.3 is 0 Å². The molecule has 30 heavy (non-hydrogen) atoms. The molecule has 0 unspecified atom stereocenters. The number of rotatable bonds is 7. The first-order chi connectivity index (χ1) is 13.9. The fourth-order valence-electron chi connectivity index (χ4n) is 3.77. The number of ether oxygens (including phenoxy) is 3. The number of aliphatic hydroxyl groups is 2. The number of β-amino-alcohol motifs (C(OH)–C–C–N with tert-alkyl or cyclic N) is 1. The Hall–Kier alpha value is -1.52. The summed E-state index contributed by atoms with van der Waals surface area (Å²) < 4.78 is 17.0. The Kier molecular flexibility index (Phi) is 8.41. The largest absolute Gasteiger partial charge is 0.391 e. The van der Waals surface area contributed by atoms with Crippen LogP contribution in [-0.2, 0) is 23.8 Å². The highest BCUT2D eigenvalue weighted by Gasteiger charge is 2.48. The van der Waals surface area contributed by atoms with Crippen LogP contribution in [0.3, 0.4) is 0 Å². The Morgan fingerprint density at radius 2 is 2.00 bits per heavy atom. The van der Waals surface area contributed by atoms with Gasteiger partial charge in [-0.25, -0.2) is 0 Å². The minimum absolute atomic E-state index is 0.216. The monoisotopic (exact) mass is 428 g/mol. The molecule has 2 rings (SSSR count). The molecule has 0 aliphatic carbocycles. The van der Waals surface area contributed by atoms with E-state index in [1.807, 2.05) is 26.0 Å². The van der Waals surface area contributed by atoms with Gasteiger partial charge in [-0.1, -0.05) is 26.0 Å². The average molecular weight is 429 g/mol. The maximum absolute atomic E-state index is 12.9. The summed E-state index contributed by atoms with van der Waals surface area (Å²) in [6.07, 6.45) is -0.120. The second-order valence-corrected chi connectivity index (χ2v) is 8.85. The smallest absolute Gasteiger partial charge is 0.252 e. The summed E-state index contributed by atoms with van der Waals surface area (Å²) in [6, 6.07) is -0.793. The number of methoxy groups -OCH3 is 1. The Bertz CT molecular complexity index is 637. The normalized spacial score (nSPS) is 31.8. The summed E-state index contributed by atoms with van der Waals surface area (Å²) in [5, 5.41) is 23.5. The SMILES string of the molecule is CO[C@@H](C(=O)N[C@H]1CC[C@H](O)CN(C)C1=O)[C@H](O)[C@H]1OC(C)(C)O[C@@H]1/C=C/C(C)C. The molecule has 9 nitrogen and oxygen atoms in total. The van der Waals surface area contributed by atoms with Crippen LogP contribution in [0.15, 0.2) is 12.2 Å². The maximum atomic E-state index is 12.9. The zero-order valence-electron chi connectivity index (χ0n) is 18.7. The maximum Gasteiger partial charge on any atom is 0.252 e. The second-order valence-electron chi connectivity index (χ2n) is 8.85. The third kappa shape index (κ3) is 6.24. The van der Waals surface area contributed by atoms with E-state index in [9.17, 15) is 19.8 Å². The molecule has 0 radical (unpaired) electrons. The minimum atomic E-state index is -1.32. The molecule has 0 bridgehead atoms. The number of hydrogen-bond donors (Lipinski definition) is 3. The Balaban J connectivity index is 2.12. The van der Waals surface area contributed by atoms with E-state index in [2.05, 4.69) is 5.32 Å². The number of aliphatic hydroxyl groups excluding tert-OH is 2. The first-order valence-corrected chi connectivity index (χ1v) is 10.4. The van der Waals surface area contributed by atoms with Gasteiger partial charge in [0.25, 0.3) is 5.91 Å². The van der Waals surface area contributed by atoms with Crippen LogP contribution in [0.1, 0.15) is 40.5 Å². The van der Waals surface area contributed by atoms with Gasteiger partial charge in [-0.05, 0) is 32.6 Å². The highest BCUT2D eigenvalue weighted by atomic mass is 16.8. The topological polar surface area (TPSA) is 118 Å². The van der Waals surface area contributed by atoms with E-state index in [1.54, 1.807) is 20.9 Å². The highest BCUT2D eigenvalue weighted by Crippen LogP contribution is 2.32. The standard InChI is InChI=1S/C21H36N2O7/c1-12(2)7-10-15-17(30-21(3,4)29-15)16(25)18(28-6)19(26)22-14-9-8-13(24)11-23(5)20(14)27/h7,10,12-18,24-25H,8-9,11H2,1-6H3,(H,22,26)/b10-7+/t13-,14-,15+,16+,17-,18+/m0/s1. The zero-order valence-corrected chi connectivity index (χ0v) is 18.7. The van der Waals surface area contributed by atoms with Gasteiger partial charge in [0.2, 0.25) is 5.91 Å². The van der Waals surface area contributed by atoms with Crippen LogP contribution in [0.4, 0.5) is 0 Å². The van der Waals surface area contributed by atoms with Crippen molar-refractivity contribution in [1.82, 2.24) is 10.2 Å². The first-order valence-electron chi connectivity index (χ1n) is 10.4. The molecule has 2 heterocycles.